The van der Waals surface area contributed by atoms with E-state index in [0.717, 1.165) is 48.0 Å². The first-order valence-corrected chi connectivity index (χ1v) is 12.0. The number of aryl methyl sites for hydroxylation is 1. The third-order valence-electron chi connectivity index (χ3n) is 5.30. The summed E-state index contributed by atoms with van der Waals surface area (Å²) < 4.78 is 6.02. The molecule has 1 aliphatic heterocycles. The van der Waals surface area contributed by atoms with Crippen molar-refractivity contribution in [3.05, 3.63) is 64.4 Å². The van der Waals surface area contributed by atoms with E-state index in [4.69, 9.17) is 4.74 Å². The highest BCUT2D eigenvalue weighted by atomic mass is 32.1. The van der Waals surface area contributed by atoms with Crippen LogP contribution in [0.5, 0.6) is 11.5 Å². The Bertz CT molecular complexity index is 1030. The lowest BCUT2D eigenvalue weighted by atomic mass is 10.0. The van der Waals surface area contributed by atoms with Gasteiger partial charge in [0.15, 0.2) is 5.13 Å². The molecule has 0 bridgehead atoms. The lowest BCUT2D eigenvalue weighted by molar-refractivity contribution is -0.114. The quantitative estimate of drug-likeness (QED) is 0.545. The zero-order valence-corrected chi connectivity index (χ0v) is 20.3. The standard InChI is InChI=1S/C23H26N4O2S.C2H6/c1-15-4-6-21(12-24-15)29-20-7-5-18-8-9-27(16(2)10-19(18)11-20)14-22-13-25-23(30-22)26-17(3)28;1-2/h4-7,11-13,16H,8-10,14H2,1-3H3,(H,25,26,28);1-2H3. The van der Waals surface area contributed by atoms with Crippen molar-refractivity contribution in [3.63, 3.8) is 0 Å². The molecule has 1 N–H and O–H groups in total. The zero-order chi connectivity index (χ0) is 23.1. The van der Waals surface area contributed by atoms with Gasteiger partial charge in [-0.2, -0.15) is 0 Å². The number of thiazole rings is 1. The van der Waals surface area contributed by atoms with E-state index in [0.29, 0.717) is 11.2 Å². The van der Waals surface area contributed by atoms with Crippen LogP contribution in [0.15, 0.2) is 42.7 Å². The van der Waals surface area contributed by atoms with Crippen LogP contribution >= 0.6 is 11.3 Å². The Morgan fingerprint density at radius 1 is 1.16 bits per heavy atom. The van der Waals surface area contributed by atoms with Gasteiger partial charge in [0, 0.05) is 42.8 Å². The van der Waals surface area contributed by atoms with Crippen molar-refractivity contribution in [2.75, 3.05) is 11.9 Å². The second-order valence-electron chi connectivity index (χ2n) is 7.75. The predicted molar refractivity (Wildman–Crippen MR) is 131 cm³/mol. The Morgan fingerprint density at radius 2 is 1.94 bits per heavy atom. The predicted octanol–water partition coefficient (Wildman–Crippen LogP) is 5.61. The minimum absolute atomic E-state index is 0.0890. The molecule has 3 aromatic rings. The van der Waals surface area contributed by atoms with Gasteiger partial charge in [0.05, 0.1) is 6.20 Å². The number of hydrogen-bond donors (Lipinski definition) is 1. The first kappa shape index (κ1) is 23.9. The maximum atomic E-state index is 11.2. The fourth-order valence-corrected chi connectivity index (χ4v) is 4.59. The number of benzene rings is 1. The van der Waals surface area contributed by atoms with E-state index in [1.54, 1.807) is 17.5 Å². The van der Waals surface area contributed by atoms with Crippen LogP contribution in [0.1, 0.15) is 49.4 Å². The summed E-state index contributed by atoms with van der Waals surface area (Å²) in [6.45, 7) is 11.6. The Labute approximate surface area is 194 Å². The van der Waals surface area contributed by atoms with E-state index in [1.807, 2.05) is 45.2 Å². The molecule has 4 rings (SSSR count). The first-order chi connectivity index (χ1) is 15.5. The van der Waals surface area contributed by atoms with Crippen LogP contribution in [0.2, 0.25) is 0 Å². The molecule has 0 fully saturated rings. The van der Waals surface area contributed by atoms with Crippen molar-refractivity contribution in [2.45, 2.75) is 60.0 Å². The van der Waals surface area contributed by atoms with E-state index in [-0.39, 0.29) is 5.91 Å². The number of ether oxygens (including phenoxy) is 1. The van der Waals surface area contributed by atoms with E-state index in [9.17, 15) is 4.79 Å². The molecule has 3 heterocycles. The molecule has 170 valence electrons. The van der Waals surface area contributed by atoms with Crippen molar-refractivity contribution in [2.24, 2.45) is 0 Å². The molecular formula is C25H32N4O2S. The van der Waals surface area contributed by atoms with Crippen molar-refractivity contribution >= 4 is 22.4 Å². The molecule has 1 atom stereocenters. The molecular weight excluding hydrogens is 420 g/mol. The monoisotopic (exact) mass is 452 g/mol. The summed E-state index contributed by atoms with van der Waals surface area (Å²) in [5, 5.41) is 3.42. The summed E-state index contributed by atoms with van der Waals surface area (Å²) >= 11 is 1.54. The molecule has 1 aromatic carbocycles. The number of pyridine rings is 1. The van der Waals surface area contributed by atoms with Gasteiger partial charge in [-0.05, 0) is 62.1 Å². The molecule has 0 spiro atoms. The first-order valence-electron chi connectivity index (χ1n) is 11.1. The topological polar surface area (TPSA) is 67.4 Å². The Morgan fingerprint density at radius 3 is 2.66 bits per heavy atom. The van der Waals surface area contributed by atoms with E-state index < -0.39 is 0 Å². The Hall–Kier alpha value is -2.77. The van der Waals surface area contributed by atoms with Gasteiger partial charge in [-0.15, -0.1) is 11.3 Å². The Balaban J connectivity index is 0.00000141. The minimum Gasteiger partial charge on any atom is -0.456 e. The summed E-state index contributed by atoms with van der Waals surface area (Å²) in [5.41, 5.74) is 3.69. The molecule has 1 amide bonds. The van der Waals surface area contributed by atoms with E-state index in [1.165, 1.54) is 18.1 Å². The van der Waals surface area contributed by atoms with Gasteiger partial charge in [-0.3, -0.25) is 14.7 Å². The second kappa shape index (κ2) is 11.2. The number of aromatic nitrogens is 2. The van der Waals surface area contributed by atoms with Crippen LogP contribution in [-0.2, 0) is 24.2 Å². The van der Waals surface area contributed by atoms with Crippen LogP contribution in [0.3, 0.4) is 0 Å². The lowest BCUT2D eigenvalue weighted by Gasteiger charge is -2.26. The largest absolute Gasteiger partial charge is 0.456 e. The summed E-state index contributed by atoms with van der Waals surface area (Å²) in [6.07, 6.45) is 5.59. The van der Waals surface area contributed by atoms with Gasteiger partial charge in [-0.25, -0.2) is 4.98 Å². The van der Waals surface area contributed by atoms with E-state index in [2.05, 4.69) is 39.2 Å². The fourth-order valence-electron chi connectivity index (χ4n) is 3.71. The number of carbonyl (C=O) groups excluding carboxylic acids is 1. The molecule has 2 aromatic heterocycles. The third-order valence-corrected chi connectivity index (χ3v) is 6.20. The van der Waals surface area contributed by atoms with Crippen LogP contribution in [0, 0.1) is 6.92 Å². The highest BCUT2D eigenvalue weighted by molar-refractivity contribution is 7.15. The number of fused-ring (bicyclic) bond motifs is 1. The van der Waals surface area contributed by atoms with Gasteiger partial charge >= 0.3 is 0 Å². The van der Waals surface area contributed by atoms with Crippen LogP contribution in [-0.4, -0.2) is 33.4 Å². The molecule has 0 radical (unpaired) electrons. The zero-order valence-electron chi connectivity index (χ0n) is 19.5. The summed E-state index contributed by atoms with van der Waals surface area (Å²) in [7, 11) is 0. The highest BCUT2D eigenvalue weighted by Gasteiger charge is 2.22. The van der Waals surface area contributed by atoms with Gasteiger partial charge in [0.1, 0.15) is 11.5 Å². The van der Waals surface area contributed by atoms with Crippen LogP contribution < -0.4 is 10.1 Å². The normalized spacial score (nSPS) is 15.7. The average Bonchev–Trinajstić information content (AvgIpc) is 3.14. The molecule has 0 saturated heterocycles. The lowest BCUT2D eigenvalue weighted by Crippen LogP contribution is -2.33. The molecule has 6 nitrogen and oxygen atoms in total. The van der Waals surface area contributed by atoms with E-state index >= 15 is 0 Å². The number of hydrogen-bond acceptors (Lipinski definition) is 6. The number of anilines is 1. The summed E-state index contributed by atoms with van der Waals surface area (Å²) in [5.74, 6) is 1.51. The molecule has 0 saturated carbocycles. The average molecular weight is 453 g/mol. The molecule has 1 aliphatic rings. The number of rotatable bonds is 5. The summed E-state index contributed by atoms with van der Waals surface area (Å²) in [6, 6.07) is 10.7. The number of nitrogens with zero attached hydrogens (tertiary/aromatic N) is 3. The smallest absolute Gasteiger partial charge is 0.223 e. The number of nitrogens with one attached hydrogen (secondary N) is 1. The van der Waals surface area contributed by atoms with Crippen molar-refractivity contribution in [3.8, 4) is 11.5 Å². The van der Waals surface area contributed by atoms with Gasteiger partial charge < -0.3 is 10.1 Å². The van der Waals surface area contributed by atoms with Gasteiger partial charge in [-0.1, -0.05) is 19.9 Å². The molecule has 32 heavy (non-hydrogen) atoms. The maximum Gasteiger partial charge on any atom is 0.223 e. The van der Waals surface area contributed by atoms with Crippen molar-refractivity contribution in [1.29, 1.82) is 0 Å². The second-order valence-corrected chi connectivity index (χ2v) is 8.87. The van der Waals surface area contributed by atoms with Crippen LogP contribution in [0.25, 0.3) is 0 Å². The number of amides is 1. The maximum absolute atomic E-state index is 11.2. The van der Waals surface area contributed by atoms with Crippen molar-refractivity contribution < 1.29 is 9.53 Å². The fraction of sp³-hybridized carbons (Fsp3) is 0.400. The van der Waals surface area contributed by atoms with Crippen LogP contribution in [0.4, 0.5) is 5.13 Å². The SMILES string of the molecule is CC.CC(=O)Nc1ncc(CN2CCc3ccc(Oc4ccc(C)nc4)cc3CC2C)s1. The van der Waals surface area contributed by atoms with Gasteiger partial charge in [0.25, 0.3) is 0 Å². The molecule has 0 aliphatic carbocycles. The highest BCUT2D eigenvalue weighted by Crippen LogP contribution is 2.29. The summed E-state index contributed by atoms with van der Waals surface area (Å²) in [4.78, 5) is 23.5. The Kier molecular flexibility index (Phi) is 8.36. The number of carbonyl (C=O) groups is 1. The molecule has 1 unspecified atom stereocenters. The third kappa shape index (κ3) is 6.37. The van der Waals surface area contributed by atoms with Crippen molar-refractivity contribution in [1.82, 2.24) is 14.9 Å². The molecule has 7 heteroatoms. The van der Waals surface area contributed by atoms with Gasteiger partial charge in [0.2, 0.25) is 5.91 Å². The minimum atomic E-state index is -0.0890.